The van der Waals surface area contributed by atoms with Crippen LogP contribution in [0, 0.1) is 11.3 Å². The third-order valence-corrected chi connectivity index (χ3v) is 11.5. The Bertz CT molecular complexity index is 2480. The number of guanidine groups is 1. The predicted octanol–water partition coefficient (Wildman–Crippen LogP) is -1.87. The summed E-state index contributed by atoms with van der Waals surface area (Å²) in [5.41, 5.74) is 18.8. The molecule has 6 atom stereocenters. The minimum absolute atomic E-state index is 0.0342. The number of aliphatic carboxylic acids is 1. The number of imidazole rings is 1. The molecule has 0 spiro atoms. The van der Waals surface area contributed by atoms with Gasteiger partial charge in [0.25, 0.3) is 0 Å². The van der Waals surface area contributed by atoms with Crippen LogP contribution in [-0.2, 0) is 57.6 Å². The van der Waals surface area contributed by atoms with Crippen molar-refractivity contribution < 1.29 is 48.6 Å². The number of rotatable bonds is 31. The van der Waals surface area contributed by atoms with Gasteiger partial charge in [0.15, 0.2) is 5.96 Å². The Balaban J connectivity index is 1.59. The van der Waals surface area contributed by atoms with E-state index in [4.69, 9.17) is 22.6 Å². The van der Waals surface area contributed by atoms with Gasteiger partial charge in [-0.2, -0.15) is 0 Å². The van der Waals surface area contributed by atoms with Crippen LogP contribution in [0.4, 0.5) is 0 Å². The fourth-order valence-electron chi connectivity index (χ4n) is 7.74. The maximum Gasteiger partial charge on any atom is 0.326 e. The van der Waals surface area contributed by atoms with Gasteiger partial charge in [-0.15, -0.1) is 0 Å². The van der Waals surface area contributed by atoms with E-state index in [-0.39, 0.29) is 82.2 Å². The molecule has 0 fully saturated rings. The first-order chi connectivity index (χ1) is 34.9. The number of nitrogens with two attached hydrogens (primary N) is 3. The smallest absolute Gasteiger partial charge is 0.326 e. The third-order valence-electron chi connectivity index (χ3n) is 11.5. The molecule has 2 aromatic carbocycles. The van der Waals surface area contributed by atoms with Crippen LogP contribution in [0.15, 0.2) is 67.3 Å². The van der Waals surface area contributed by atoms with Gasteiger partial charge in [0.05, 0.1) is 25.1 Å². The maximum atomic E-state index is 14.5. The number of carbonyl (C=O) groups excluding carboxylic acids is 7. The first-order valence-electron chi connectivity index (χ1n) is 24.0. The Kier molecular flexibility index (Phi) is 23.1. The number of carboxylic acids is 1. The van der Waals surface area contributed by atoms with Crippen molar-refractivity contribution in [2.45, 2.75) is 108 Å². The van der Waals surface area contributed by atoms with Gasteiger partial charge < -0.3 is 79.9 Å². The number of para-hydroxylation sites is 1. The Morgan fingerprint density at radius 2 is 1.26 bits per heavy atom. The maximum absolute atomic E-state index is 14.5. The Hall–Kier alpha value is -8.06. The Morgan fingerprint density at radius 3 is 1.86 bits per heavy atom. The van der Waals surface area contributed by atoms with Crippen molar-refractivity contribution in [1.29, 1.82) is 5.41 Å². The van der Waals surface area contributed by atoms with Crippen LogP contribution in [-0.4, -0.2) is 141 Å². The number of nitrogens with one attached hydrogen (secondary N) is 11. The number of benzene rings is 2. The van der Waals surface area contributed by atoms with E-state index in [0.29, 0.717) is 29.7 Å². The molecule has 0 unspecified atom stereocenters. The van der Waals surface area contributed by atoms with E-state index < -0.39 is 90.1 Å². The predicted molar refractivity (Wildman–Crippen MR) is 269 cm³/mol. The van der Waals surface area contributed by atoms with Crippen LogP contribution in [0.25, 0.3) is 10.9 Å². The van der Waals surface area contributed by atoms with Crippen molar-refractivity contribution in [2.75, 3.05) is 26.2 Å². The molecule has 0 bridgehead atoms. The molecule has 25 nitrogen and oxygen atoms in total. The second-order valence-corrected chi connectivity index (χ2v) is 17.8. The summed E-state index contributed by atoms with van der Waals surface area (Å²) in [4.78, 5) is 118. The van der Waals surface area contributed by atoms with Crippen molar-refractivity contribution in [3.05, 3.63) is 84.1 Å². The number of carboxylic acid groups (broad SMARTS) is 1. The minimum Gasteiger partial charge on any atom is -0.508 e. The fourth-order valence-corrected chi connectivity index (χ4v) is 7.74. The summed E-state index contributed by atoms with van der Waals surface area (Å²) >= 11 is 0. The fraction of sp³-hybridized carbons (Fsp3) is 0.458. The van der Waals surface area contributed by atoms with E-state index in [1.54, 1.807) is 26.1 Å². The van der Waals surface area contributed by atoms with E-state index >= 15 is 0 Å². The quantitative estimate of drug-likeness (QED) is 0.0149. The van der Waals surface area contributed by atoms with Gasteiger partial charge in [0.2, 0.25) is 41.4 Å². The van der Waals surface area contributed by atoms with Crippen molar-refractivity contribution in [1.82, 2.24) is 57.5 Å². The highest BCUT2D eigenvalue weighted by Gasteiger charge is 2.34. The summed E-state index contributed by atoms with van der Waals surface area (Å²) in [7, 11) is 0. The van der Waals surface area contributed by atoms with E-state index in [0.717, 1.165) is 10.9 Å². The van der Waals surface area contributed by atoms with Gasteiger partial charge >= 0.3 is 5.97 Å². The molecule has 0 saturated heterocycles. The number of nitrogens with zero attached hydrogens (tertiary/aromatic N) is 1. The van der Waals surface area contributed by atoms with E-state index in [1.807, 2.05) is 18.2 Å². The first-order valence-corrected chi connectivity index (χ1v) is 24.0. The number of aromatic amines is 2. The monoisotopic (exact) mass is 1020 g/mol. The number of H-pyrrole nitrogens is 2. The summed E-state index contributed by atoms with van der Waals surface area (Å²) in [5.74, 6) is -7.27. The summed E-state index contributed by atoms with van der Waals surface area (Å²) in [6.07, 6.45) is 5.27. The number of fused-ring (bicyclic) bond motifs is 1. The van der Waals surface area contributed by atoms with Crippen LogP contribution in [0.1, 0.15) is 69.2 Å². The van der Waals surface area contributed by atoms with Gasteiger partial charge in [-0.25, -0.2) is 9.78 Å². The SMILES string of the molecule is CC(C)C[C@H](NC(=O)[C@H](Cc1ccc(O)cc1)NC(=O)[C@H](CCCCN)NC(=O)[C@H](Cc1c[nH]cn1)NC(=O)CNC(=O)CN)C(=O)N[C@@H](CCCNC(=N)N)C(=O)N[C@@H](Cc1c[nH]c2ccccc12)C(=O)O. The number of amides is 7. The molecule has 0 aliphatic heterocycles. The zero-order chi connectivity index (χ0) is 53.5. The summed E-state index contributed by atoms with van der Waals surface area (Å²) < 4.78 is 0. The van der Waals surface area contributed by atoms with Crippen molar-refractivity contribution in [3.63, 3.8) is 0 Å². The number of carbonyl (C=O) groups is 8. The van der Waals surface area contributed by atoms with Crippen LogP contribution in [0.3, 0.4) is 0 Å². The normalized spacial score (nSPS) is 13.5. The molecule has 25 heteroatoms. The molecule has 0 radical (unpaired) electrons. The molecule has 7 amide bonds. The highest BCUT2D eigenvalue weighted by atomic mass is 16.4. The molecule has 19 N–H and O–H groups in total. The lowest BCUT2D eigenvalue weighted by Crippen LogP contribution is -2.60. The highest BCUT2D eigenvalue weighted by molar-refractivity contribution is 5.97. The Labute approximate surface area is 421 Å². The van der Waals surface area contributed by atoms with E-state index in [2.05, 4.69) is 57.5 Å². The molecule has 0 aliphatic carbocycles. The lowest BCUT2D eigenvalue weighted by atomic mass is 9.99. The minimum atomic E-state index is -1.41. The van der Waals surface area contributed by atoms with Crippen LogP contribution >= 0.6 is 0 Å². The second kappa shape index (κ2) is 29.3. The average Bonchev–Trinajstić information content (AvgIpc) is 4.03. The van der Waals surface area contributed by atoms with Crippen LogP contribution in [0.2, 0.25) is 0 Å². The van der Waals surface area contributed by atoms with Gasteiger partial charge in [-0.3, -0.25) is 39.0 Å². The number of unbranched alkanes of at least 4 members (excludes halogenated alkanes) is 1. The zero-order valence-corrected chi connectivity index (χ0v) is 40.9. The highest BCUT2D eigenvalue weighted by Crippen LogP contribution is 2.20. The standard InChI is InChI=1S/C48H69N15O10/c1-27(2)18-36(44(69)60-35(11-7-17-54-48(51)52)43(68)63-39(47(72)73)20-29-23-55-33-9-4-3-8-32(29)33)61-45(70)37(19-28-12-14-31(64)15-13-28)62-42(67)34(10-5-6-16-49)59-46(71)38(21-30-24-53-26-57-30)58-41(66)25-56-40(65)22-50/h3-4,8-9,12-15,23-24,26-27,34-39,55,64H,5-7,10-11,16-22,25,49-50H2,1-2H3,(H,53,57)(H,56,65)(H,58,66)(H,59,71)(H,60,69)(H,61,70)(H,62,67)(H,63,68)(H,72,73)(H4,51,52,54)/t34-,35-,36-,37-,38-,39-/m0/s1. The van der Waals surface area contributed by atoms with Gasteiger partial charge in [0, 0.05) is 49.1 Å². The molecule has 4 aromatic rings. The summed E-state index contributed by atoms with van der Waals surface area (Å²) in [5, 5.41) is 49.5. The van der Waals surface area contributed by atoms with Crippen molar-refractivity contribution >= 4 is 64.2 Å². The van der Waals surface area contributed by atoms with Gasteiger partial charge in [-0.05, 0) is 80.3 Å². The van der Waals surface area contributed by atoms with E-state index in [9.17, 15) is 48.6 Å². The average molecular weight is 1020 g/mol. The molecule has 0 aliphatic rings. The lowest BCUT2D eigenvalue weighted by molar-refractivity contribution is -0.142. The molecule has 4 rings (SSSR count). The van der Waals surface area contributed by atoms with Crippen LogP contribution < -0.4 is 59.7 Å². The lowest BCUT2D eigenvalue weighted by Gasteiger charge is -2.28. The molecular formula is C48H69N15O10. The summed E-state index contributed by atoms with van der Waals surface area (Å²) in [6, 6.07) is 5.09. The van der Waals surface area contributed by atoms with Gasteiger partial charge in [0.1, 0.15) is 42.0 Å². The largest absolute Gasteiger partial charge is 0.508 e. The number of hydrogen-bond acceptors (Lipinski definition) is 13. The van der Waals surface area contributed by atoms with E-state index in [1.165, 1.54) is 36.8 Å². The van der Waals surface area contributed by atoms with Crippen LogP contribution in [0.5, 0.6) is 5.75 Å². The van der Waals surface area contributed by atoms with Crippen molar-refractivity contribution in [2.24, 2.45) is 23.1 Å². The zero-order valence-electron chi connectivity index (χ0n) is 40.9. The summed E-state index contributed by atoms with van der Waals surface area (Å²) in [6.45, 7) is 3.15. The van der Waals surface area contributed by atoms with Crippen molar-refractivity contribution in [3.8, 4) is 5.75 Å². The number of aromatic hydroxyl groups is 1. The molecule has 396 valence electrons. The first kappa shape index (κ1) is 57.5. The molecule has 0 saturated carbocycles. The number of aromatic nitrogens is 3. The number of hydrogen-bond donors (Lipinski definition) is 16. The topological polar surface area (TPSA) is 420 Å². The molecule has 2 aromatic heterocycles. The molecule has 2 heterocycles. The number of phenols is 1. The second-order valence-electron chi connectivity index (χ2n) is 17.8. The molecule has 73 heavy (non-hydrogen) atoms. The molecular weight excluding hydrogens is 947 g/mol. The van der Waals surface area contributed by atoms with Gasteiger partial charge in [-0.1, -0.05) is 44.2 Å². The third kappa shape index (κ3) is 19.6. The number of phenolic OH excluding ortho intramolecular Hbond substituents is 1. The Morgan fingerprint density at radius 1 is 0.671 bits per heavy atom.